The average Bonchev–Trinajstić information content (AvgIpc) is 2.27. The number of pyridine rings is 1. The predicted octanol–water partition coefficient (Wildman–Crippen LogP) is 2.35. The van der Waals surface area contributed by atoms with Crippen molar-refractivity contribution in [1.82, 2.24) is 4.98 Å². The van der Waals surface area contributed by atoms with E-state index in [4.69, 9.17) is 11.5 Å². The van der Waals surface area contributed by atoms with E-state index in [0.717, 1.165) is 16.7 Å². The summed E-state index contributed by atoms with van der Waals surface area (Å²) in [6.45, 7) is 1.85. The van der Waals surface area contributed by atoms with Gasteiger partial charge in [-0.15, -0.1) is 0 Å². The summed E-state index contributed by atoms with van der Waals surface area (Å²) in [5, 5.41) is 0. The van der Waals surface area contributed by atoms with Crippen LogP contribution in [0.15, 0.2) is 36.5 Å². The molecule has 4 N–H and O–H groups in total. The van der Waals surface area contributed by atoms with Crippen LogP contribution in [0.5, 0.6) is 0 Å². The molecule has 0 aliphatic carbocycles. The fourth-order valence-electron chi connectivity index (χ4n) is 1.97. The Balaban J connectivity index is 2.19. The van der Waals surface area contributed by atoms with Crippen molar-refractivity contribution in [2.75, 3.05) is 5.73 Å². The number of hydrogen-bond donors (Lipinski definition) is 2. The lowest BCUT2D eigenvalue weighted by atomic mass is 9.99. The van der Waals surface area contributed by atoms with Gasteiger partial charge in [-0.1, -0.05) is 6.07 Å². The van der Waals surface area contributed by atoms with E-state index >= 15 is 0 Å². The lowest BCUT2D eigenvalue weighted by Crippen LogP contribution is -2.14. The standard InChI is InChI=1S/C14H16FN3/c1-9-4-11(8-12(15)5-9)13(16)6-10-2-3-18-14(17)7-10/h2-5,7-8,13H,6,16H2,1H3,(H2,17,18). The molecule has 1 atom stereocenters. The van der Waals surface area contributed by atoms with Crippen LogP contribution in [-0.4, -0.2) is 4.98 Å². The van der Waals surface area contributed by atoms with Gasteiger partial charge < -0.3 is 11.5 Å². The monoisotopic (exact) mass is 245 g/mol. The van der Waals surface area contributed by atoms with E-state index in [1.54, 1.807) is 12.3 Å². The van der Waals surface area contributed by atoms with Crippen molar-refractivity contribution in [2.45, 2.75) is 19.4 Å². The van der Waals surface area contributed by atoms with E-state index in [0.29, 0.717) is 12.2 Å². The molecule has 0 bridgehead atoms. The Bertz CT molecular complexity index is 534. The van der Waals surface area contributed by atoms with Crippen LogP contribution in [0, 0.1) is 12.7 Å². The minimum Gasteiger partial charge on any atom is -0.384 e. The molecule has 1 aromatic carbocycles. The van der Waals surface area contributed by atoms with Gasteiger partial charge in [-0.2, -0.15) is 0 Å². The fraction of sp³-hybridized carbons (Fsp3) is 0.214. The third-order valence-electron chi connectivity index (χ3n) is 2.79. The smallest absolute Gasteiger partial charge is 0.123 e. The highest BCUT2D eigenvalue weighted by Gasteiger charge is 2.09. The third-order valence-corrected chi connectivity index (χ3v) is 2.79. The maximum absolute atomic E-state index is 13.3. The van der Waals surface area contributed by atoms with Gasteiger partial charge in [0.25, 0.3) is 0 Å². The highest BCUT2D eigenvalue weighted by molar-refractivity contribution is 5.34. The van der Waals surface area contributed by atoms with E-state index in [2.05, 4.69) is 4.98 Å². The van der Waals surface area contributed by atoms with Crippen LogP contribution in [0.4, 0.5) is 10.2 Å². The van der Waals surface area contributed by atoms with Crippen molar-refractivity contribution in [2.24, 2.45) is 5.73 Å². The second kappa shape index (κ2) is 5.14. The molecule has 4 heteroatoms. The molecular weight excluding hydrogens is 229 g/mol. The number of benzene rings is 1. The Morgan fingerprint density at radius 1 is 1.28 bits per heavy atom. The quantitative estimate of drug-likeness (QED) is 0.872. The Kier molecular flexibility index (Phi) is 3.58. The number of aryl methyl sites for hydroxylation is 1. The second-order valence-corrected chi connectivity index (χ2v) is 4.46. The van der Waals surface area contributed by atoms with Crippen LogP contribution in [0.2, 0.25) is 0 Å². The Hall–Kier alpha value is -1.94. The maximum atomic E-state index is 13.3. The molecular formula is C14H16FN3. The Labute approximate surface area is 106 Å². The molecule has 0 aliphatic rings. The number of rotatable bonds is 3. The van der Waals surface area contributed by atoms with Gasteiger partial charge in [0.05, 0.1) is 0 Å². The van der Waals surface area contributed by atoms with Gasteiger partial charge in [0.15, 0.2) is 0 Å². The first-order valence-electron chi connectivity index (χ1n) is 5.77. The van der Waals surface area contributed by atoms with Gasteiger partial charge in [-0.25, -0.2) is 9.37 Å². The average molecular weight is 245 g/mol. The molecule has 0 spiro atoms. The molecule has 0 amide bonds. The number of hydrogen-bond acceptors (Lipinski definition) is 3. The molecule has 0 saturated carbocycles. The molecule has 2 aromatic rings. The Morgan fingerprint density at radius 2 is 2.06 bits per heavy atom. The summed E-state index contributed by atoms with van der Waals surface area (Å²) < 4.78 is 13.3. The number of nitrogens with two attached hydrogens (primary N) is 2. The van der Waals surface area contributed by atoms with Crippen LogP contribution >= 0.6 is 0 Å². The van der Waals surface area contributed by atoms with Crippen molar-refractivity contribution < 1.29 is 4.39 Å². The molecule has 18 heavy (non-hydrogen) atoms. The number of anilines is 1. The number of nitrogen functional groups attached to an aromatic ring is 1. The van der Waals surface area contributed by atoms with Crippen molar-refractivity contribution in [3.05, 3.63) is 59.0 Å². The molecule has 0 radical (unpaired) electrons. The first kappa shape index (κ1) is 12.5. The van der Waals surface area contributed by atoms with Gasteiger partial charge in [0.1, 0.15) is 11.6 Å². The fourth-order valence-corrected chi connectivity index (χ4v) is 1.97. The SMILES string of the molecule is Cc1cc(F)cc(C(N)Cc2ccnc(N)c2)c1. The molecule has 1 unspecified atom stereocenters. The van der Waals surface area contributed by atoms with Crippen LogP contribution in [-0.2, 0) is 6.42 Å². The Morgan fingerprint density at radius 3 is 2.72 bits per heavy atom. The molecule has 1 heterocycles. The van der Waals surface area contributed by atoms with E-state index in [-0.39, 0.29) is 11.9 Å². The molecule has 2 rings (SSSR count). The summed E-state index contributed by atoms with van der Waals surface area (Å²) in [6, 6.07) is 8.26. The summed E-state index contributed by atoms with van der Waals surface area (Å²) in [4.78, 5) is 3.93. The van der Waals surface area contributed by atoms with Crippen molar-refractivity contribution in [1.29, 1.82) is 0 Å². The minimum absolute atomic E-state index is 0.249. The number of nitrogens with zero attached hydrogens (tertiary/aromatic N) is 1. The molecule has 0 fully saturated rings. The highest BCUT2D eigenvalue weighted by Crippen LogP contribution is 2.19. The van der Waals surface area contributed by atoms with Crippen LogP contribution in [0.1, 0.15) is 22.7 Å². The summed E-state index contributed by atoms with van der Waals surface area (Å²) in [5.74, 6) is 0.213. The van der Waals surface area contributed by atoms with Crippen molar-refractivity contribution in [3.63, 3.8) is 0 Å². The van der Waals surface area contributed by atoms with Crippen LogP contribution in [0.25, 0.3) is 0 Å². The third kappa shape index (κ3) is 3.05. The molecule has 3 nitrogen and oxygen atoms in total. The lowest BCUT2D eigenvalue weighted by Gasteiger charge is -2.13. The zero-order valence-electron chi connectivity index (χ0n) is 10.2. The van der Waals surface area contributed by atoms with E-state index in [1.165, 1.54) is 12.1 Å². The molecule has 94 valence electrons. The largest absolute Gasteiger partial charge is 0.384 e. The first-order chi connectivity index (χ1) is 8.54. The zero-order chi connectivity index (χ0) is 13.1. The lowest BCUT2D eigenvalue weighted by molar-refractivity contribution is 0.617. The van der Waals surface area contributed by atoms with Crippen molar-refractivity contribution >= 4 is 5.82 Å². The van der Waals surface area contributed by atoms with Crippen LogP contribution in [0.3, 0.4) is 0 Å². The highest BCUT2D eigenvalue weighted by atomic mass is 19.1. The summed E-state index contributed by atoms with van der Waals surface area (Å²) >= 11 is 0. The number of aromatic nitrogens is 1. The summed E-state index contributed by atoms with van der Waals surface area (Å²) in [7, 11) is 0. The second-order valence-electron chi connectivity index (χ2n) is 4.46. The predicted molar refractivity (Wildman–Crippen MR) is 70.4 cm³/mol. The van der Waals surface area contributed by atoms with Gasteiger partial charge >= 0.3 is 0 Å². The summed E-state index contributed by atoms with van der Waals surface area (Å²) in [5.41, 5.74) is 14.4. The van der Waals surface area contributed by atoms with E-state index in [1.807, 2.05) is 19.1 Å². The topological polar surface area (TPSA) is 64.9 Å². The first-order valence-corrected chi connectivity index (χ1v) is 5.77. The molecule has 1 aromatic heterocycles. The minimum atomic E-state index is -0.255. The van der Waals surface area contributed by atoms with Gasteiger partial charge in [0, 0.05) is 12.2 Å². The summed E-state index contributed by atoms with van der Waals surface area (Å²) in [6.07, 6.45) is 2.25. The van der Waals surface area contributed by atoms with E-state index in [9.17, 15) is 4.39 Å². The van der Waals surface area contributed by atoms with Crippen molar-refractivity contribution in [3.8, 4) is 0 Å². The molecule has 0 saturated heterocycles. The van der Waals surface area contributed by atoms with Gasteiger partial charge in [-0.3, -0.25) is 0 Å². The zero-order valence-corrected chi connectivity index (χ0v) is 10.2. The van der Waals surface area contributed by atoms with Gasteiger partial charge in [-0.05, 0) is 54.3 Å². The molecule has 0 aliphatic heterocycles. The van der Waals surface area contributed by atoms with E-state index < -0.39 is 0 Å². The van der Waals surface area contributed by atoms with Crippen LogP contribution < -0.4 is 11.5 Å². The van der Waals surface area contributed by atoms with Gasteiger partial charge in [0.2, 0.25) is 0 Å². The normalized spacial score (nSPS) is 12.4. The maximum Gasteiger partial charge on any atom is 0.123 e. The number of halogens is 1.